The van der Waals surface area contributed by atoms with E-state index in [1.807, 2.05) is 0 Å². The summed E-state index contributed by atoms with van der Waals surface area (Å²) in [5.74, 6) is -4.38. The van der Waals surface area contributed by atoms with Crippen LogP contribution in [0.1, 0.15) is 5.69 Å². The smallest absolute Gasteiger partial charge is 0.439 e. The van der Waals surface area contributed by atoms with Crippen LogP contribution in [0.2, 0.25) is 0 Å². The maximum absolute atomic E-state index is 13.1. The lowest BCUT2D eigenvalue weighted by molar-refractivity contribution is -0.203. The Morgan fingerprint density at radius 2 is 1.78 bits per heavy atom. The maximum atomic E-state index is 13.1. The highest BCUT2D eigenvalue weighted by molar-refractivity contribution is 7.93. The topological polar surface area (TPSA) is 240 Å². The Balaban J connectivity index is 2.26. The van der Waals surface area contributed by atoms with E-state index in [1.54, 1.807) is 6.92 Å². The first-order valence-corrected chi connectivity index (χ1v) is 12.7. The molecule has 0 aliphatic carbocycles. The van der Waals surface area contributed by atoms with Gasteiger partial charge in [0.2, 0.25) is 15.8 Å². The van der Waals surface area contributed by atoms with E-state index in [1.165, 1.54) is 18.2 Å². The van der Waals surface area contributed by atoms with E-state index in [9.17, 15) is 34.8 Å². The second kappa shape index (κ2) is 9.41. The van der Waals surface area contributed by atoms with Gasteiger partial charge in [-0.2, -0.15) is 18.4 Å². The molecule has 0 amide bonds. The van der Waals surface area contributed by atoms with Crippen LogP contribution in [0, 0.1) is 6.92 Å². The normalized spacial score (nSPS) is 13.4. The summed E-state index contributed by atoms with van der Waals surface area (Å²) in [6, 6.07) is 4.91. The lowest BCUT2D eigenvalue weighted by Gasteiger charge is -2.19. The number of aryl methyl sites for hydroxylation is 1. The molecule has 3 aromatic rings. The number of aromatic amines is 1. The fraction of sp³-hybridized carbons (Fsp3) is 0.235. The summed E-state index contributed by atoms with van der Waals surface area (Å²) in [4.78, 5) is 13.1. The summed E-state index contributed by atoms with van der Waals surface area (Å²) in [5, 5.41) is 18.2. The van der Waals surface area contributed by atoms with Gasteiger partial charge in [0.1, 0.15) is 16.5 Å². The number of anilines is 1. The molecular weight excluding hydrogens is 533 g/mol. The second-order valence-corrected chi connectivity index (χ2v) is 10.7. The standard InChI is InChI=1S/C17H17F3N8O6S2/c1-7-8(3-5-11(21)24-7)9-2-4-10(14(36(23,32)33)13(9)15-25-27-28-26-15)35(30,31)6-12(22)34-16(29)17(18,19)20/h2-5,12H,6,22H2,1H3,(H2,21,24)(H2,23,32,33)(H,25,26,27,28). The van der Waals surface area contributed by atoms with E-state index >= 15 is 0 Å². The van der Waals surface area contributed by atoms with Crippen molar-refractivity contribution in [2.45, 2.75) is 29.1 Å². The van der Waals surface area contributed by atoms with Crippen LogP contribution < -0.4 is 16.6 Å². The molecule has 1 atom stereocenters. The van der Waals surface area contributed by atoms with E-state index in [4.69, 9.17) is 16.6 Å². The maximum Gasteiger partial charge on any atom is 0.490 e. The quantitative estimate of drug-likeness (QED) is 0.218. The molecule has 19 heteroatoms. The molecule has 1 aromatic carbocycles. The number of primary sulfonamides is 1. The van der Waals surface area contributed by atoms with Crippen molar-refractivity contribution in [3.05, 3.63) is 30.0 Å². The van der Waals surface area contributed by atoms with Crippen molar-refractivity contribution >= 4 is 31.6 Å². The molecule has 2 aromatic heterocycles. The average molecular weight is 551 g/mol. The molecule has 0 aliphatic heterocycles. The molecule has 0 saturated heterocycles. The molecular formula is C17H17F3N8O6S2. The molecule has 7 N–H and O–H groups in total. The van der Waals surface area contributed by atoms with Crippen LogP contribution in [0.15, 0.2) is 34.1 Å². The van der Waals surface area contributed by atoms with Crippen LogP contribution in [0.4, 0.5) is 19.0 Å². The molecule has 36 heavy (non-hydrogen) atoms. The number of aromatic nitrogens is 5. The van der Waals surface area contributed by atoms with Crippen LogP contribution in [0.3, 0.4) is 0 Å². The number of benzene rings is 1. The zero-order valence-electron chi connectivity index (χ0n) is 18.0. The predicted molar refractivity (Wildman–Crippen MR) is 116 cm³/mol. The van der Waals surface area contributed by atoms with Gasteiger partial charge in [0.15, 0.2) is 16.1 Å². The fourth-order valence-electron chi connectivity index (χ4n) is 3.21. The minimum Gasteiger partial charge on any atom is -0.439 e. The van der Waals surface area contributed by atoms with Gasteiger partial charge in [0, 0.05) is 11.3 Å². The summed E-state index contributed by atoms with van der Waals surface area (Å²) in [5.41, 5.74) is 11.2. The number of H-pyrrole nitrogens is 1. The number of nitrogens with one attached hydrogen (secondary N) is 1. The predicted octanol–water partition coefficient (Wildman–Crippen LogP) is -0.369. The highest BCUT2D eigenvalue weighted by atomic mass is 32.2. The zero-order valence-corrected chi connectivity index (χ0v) is 19.6. The van der Waals surface area contributed by atoms with Crippen LogP contribution in [-0.2, 0) is 29.4 Å². The second-order valence-electron chi connectivity index (χ2n) is 7.19. The van der Waals surface area contributed by atoms with Crippen molar-refractivity contribution in [1.29, 1.82) is 0 Å². The Morgan fingerprint density at radius 3 is 2.31 bits per heavy atom. The number of nitrogen functional groups attached to an aromatic ring is 1. The molecule has 3 rings (SSSR count). The fourth-order valence-corrected chi connectivity index (χ4v) is 6.12. The molecule has 2 heterocycles. The summed E-state index contributed by atoms with van der Waals surface area (Å²) in [6.07, 6.45) is -7.74. The first-order chi connectivity index (χ1) is 16.5. The van der Waals surface area contributed by atoms with Crippen molar-refractivity contribution in [1.82, 2.24) is 25.6 Å². The van der Waals surface area contributed by atoms with E-state index in [2.05, 4.69) is 30.3 Å². The minimum absolute atomic E-state index is 0.0668. The number of tetrazole rings is 1. The number of alkyl halides is 3. The van der Waals surface area contributed by atoms with Gasteiger partial charge < -0.3 is 10.5 Å². The Labute approximate surface area is 201 Å². The van der Waals surface area contributed by atoms with Gasteiger partial charge in [-0.3, -0.25) is 5.73 Å². The van der Waals surface area contributed by atoms with E-state index in [0.29, 0.717) is 11.3 Å². The Kier molecular flexibility index (Phi) is 7.03. The summed E-state index contributed by atoms with van der Waals surface area (Å²) < 4.78 is 92.7. The number of sulfonamides is 1. The van der Waals surface area contributed by atoms with Crippen LogP contribution in [0.25, 0.3) is 22.5 Å². The van der Waals surface area contributed by atoms with Gasteiger partial charge >= 0.3 is 12.1 Å². The first kappa shape index (κ1) is 26.9. The van der Waals surface area contributed by atoms with Gasteiger partial charge in [-0.1, -0.05) is 6.07 Å². The molecule has 1 unspecified atom stereocenters. The molecule has 0 saturated carbocycles. The number of rotatable bonds is 7. The third-order valence-corrected chi connectivity index (χ3v) is 7.48. The van der Waals surface area contributed by atoms with E-state index in [-0.39, 0.29) is 17.2 Å². The summed E-state index contributed by atoms with van der Waals surface area (Å²) in [7, 11) is -9.73. The molecule has 0 spiro atoms. The third-order valence-electron chi connectivity index (χ3n) is 4.58. The Hall–Kier alpha value is -3.68. The largest absolute Gasteiger partial charge is 0.490 e. The van der Waals surface area contributed by atoms with Gasteiger partial charge in [-0.05, 0) is 35.9 Å². The molecule has 14 nitrogen and oxygen atoms in total. The number of hydrogen-bond donors (Lipinski definition) is 4. The van der Waals surface area contributed by atoms with Gasteiger partial charge in [0.05, 0.1) is 10.5 Å². The van der Waals surface area contributed by atoms with Gasteiger partial charge in [-0.15, -0.1) is 10.2 Å². The number of nitrogens with zero attached hydrogens (tertiary/aromatic N) is 4. The SMILES string of the molecule is Cc1nc(N)ccc1-c1ccc(S(=O)(=O)CC(N)OC(=O)C(F)(F)F)c(S(N)(=O)=O)c1-c1nn[nH]n1. The van der Waals surface area contributed by atoms with E-state index < -0.39 is 59.3 Å². The van der Waals surface area contributed by atoms with Crippen LogP contribution in [0.5, 0.6) is 0 Å². The van der Waals surface area contributed by atoms with Gasteiger partial charge in [0.25, 0.3) is 0 Å². The zero-order chi connectivity index (χ0) is 27.1. The molecule has 0 aliphatic rings. The number of hydrogen-bond acceptors (Lipinski definition) is 12. The number of carbonyl (C=O) groups is 1. The number of esters is 1. The lowest BCUT2D eigenvalue weighted by atomic mass is 9.98. The number of sulfone groups is 1. The van der Waals surface area contributed by atoms with E-state index in [0.717, 1.165) is 6.07 Å². The van der Waals surface area contributed by atoms with Crippen molar-refractivity contribution in [2.24, 2.45) is 10.9 Å². The molecule has 194 valence electrons. The molecule has 0 fully saturated rings. The number of carbonyl (C=O) groups excluding carboxylic acids is 1. The number of pyridine rings is 1. The van der Waals surface area contributed by atoms with Crippen molar-refractivity contribution in [2.75, 3.05) is 11.5 Å². The molecule has 0 bridgehead atoms. The Morgan fingerprint density at radius 1 is 1.14 bits per heavy atom. The van der Waals surface area contributed by atoms with Gasteiger partial charge in [-0.25, -0.2) is 31.8 Å². The highest BCUT2D eigenvalue weighted by Gasteiger charge is 2.43. The number of halogens is 3. The van der Waals surface area contributed by atoms with Crippen molar-refractivity contribution in [3.8, 4) is 22.5 Å². The monoisotopic (exact) mass is 550 g/mol. The first-order valence-electron chi connectivity index (χ1n) is 9.45. The minimum atomic E-state index is -5.44. The van der Waals surface area contributed by atoms with Crippen LogP contribution >= 0.6 is 0 Å². The third kappa shape index (κ3) is 5.58. The van der Waals surface area contributed by atoms with Crippen LogP contribution in [-0.4, -0.2) is 66.6 Å². The summed E-state index contributed by atoms with van der Waals surface area (Å²) in [6.45, 7) is 1.54. The average Bonchev–Trinajstić information content (AvgIpc) is 3.25. The number of nitrogens with two attached hydrogens (primary N) is 3. The number of ether oxygens (including phenoxy) is 1. The molecule has 0 radical (unpaired) electrons. The summed E-state index contributed by atoms with van der Waals surface area (Å²) >= 11 is 0. The van der Waals surface area contributed by atoms with Crippen molar-refractivity contribution in [3.63, 3.8) is 0 Å². The van der Waals surface area contributed by atoms with Crippen molar-refractivity contribution < 1.29 is 39.5 Å². The lowest BCUT2D eigenvalue weighted by Crippen LogP contribution is -2.39. The highest BCUT2D eigenvalue weighted by Crippen LogP contribution is 2.40. The Bertz CT molecular complexity index is 1530.